The molecule has 0 amide bonds. The summed E-state index contributed by atoms with van der Waals surface area (Å²) in [6, 6.07) is 9.03. The molecule has 3 nitrogen and oxygen atoms in total. The maximum absolute atomic E-state index is 5.47. The van der Waals surface area contributed by atoms with Gasteiger partial charge in [0.25, 0.3) is 0 Å². The second kappa shape index (κ2) is 5.12. The first-order valence-corrected chi connectivity index (χ1v) is 6.71. The molecule has 0 aliphatic carbocycles. The first-order valence-electron chi connectivity index (χ1n) is 6.71. The number of fused-ring (bicyclic) bond motifs is 1. The van der Waals surface area contributed by atoms with Crippen LogP contribution in [-0.4, -0.2) is 24.2 Å². The molecule has 1 aromatic heterocycles. The Morgan fingerprint density at radius 2 is 2.28 bits per heavy atom. The van der Waals surface area contributed by atoms with Crippen LogP contribution in [0, 0.1) is 5.92 Å². The van der Waals surface area contributed by atoms with Gasteiger partial charge in [0.1, 0.15) is 0 Å². The molecule has 96 valence electrons. The molecule has 1 fully saturated rings. The molecule has 0 spiro atoms. The largest absolute Gasteiger partial charge is 0.381 e. The molecule has 0 bridgehead atoms. The van der Waals surface area contributed by atoms with Gasteiger partial charge in [0, 0.05) is 36.3 Å². The zero-order chi connectivity index (χ0) is 12.4. The summed E-state index contributed by atoms with van der Waals surface area (Å²) in [7, 11) is 0. The van der Waals surface area contributed by atoms with Gasteiger partial charge in [-0.2, -0.15) is 0 Å². The van der Waals surface area contributed by atoms with E-state index in [9.17, 15) is 0 Å². The lowest BCUT2D eigenvalue weighted by Crippen LogP contribution is -2.40. The van der Waals surface area contributed by atoms with Crippen LogP contribution in [0.25, 0.3) is 10.9 Å². The van der Waals surface area contributed by atoms with Gasteiger partial charge in [0.2, 0.25) is 0 Å². The average Bonchev–Trinajstić information content (AvgIpc) is 2.81. The van der Waals surface area contributed by atoms with Gasteiger partial charge in [-0.1, -0.05) is 25.1 Å². The highest BCUT2D eigenvalue weighted by molar-refractivity contribution is 5.82. The molecule has 18 heavy (non-hydrogen) atoms. The number of H-pyrrole nitrogens is 1. The number of hydrogen-bond acceptors (Lipinski definition) is 2. The van der Waals surface area contributed by atoms with Crippen LogP contribution in [0.5, 0.6) is 0 Å². The minimum absolute atomic E-state index is 0.576. The molecule has 1 saturated heterocycles. The third-order valence-electron chi connectivity index (χ3n) is 3.87. The number of nitrogens with one attached hydrogen (secondary N) is 2. The van der Waals surface area contributed by atoms with Crippen LogP contribution in [0.15, 0.2) is 30.5 Å². The van der Waals surface area contributed by atoms with Crippen molar-refractivity contribution in [1.29, 1.82) is 0 Å². The van der Waals surface area contributed by atoms with E-state index in [0.29, 0.717) is 12.0 Å². The van der Waals surface area contributed by atoms with E-state index in [-0.39, 0.29) is 0 Å². The molecule has 1 aliphatic heterocycles. The number of ether oxygens (including phenoxy) is 1. The molecule has 2 N–H and O–H groups in total. The molecule has 0 saturated carbocycles. The number of aromatic amines is 1. The minimum Gasteiger partial charge on any atom is -0.381 e. The standard InChI is InChI=1S/C15H20N2O/c1-11-10-18-7-6-14(11)16-8-12-9-17-15-5-3-2-4-13(12)15/h2-5,9,11,14,16-17H,6-8,10H2,1H3. The van der Waals surface area contributed by atoms with E-state index >= 15 is 0 Å². The second-order valence-corrected chi connectivity index (χ2v) is 5.19. The molecule has 0 radical (unpaired) electrons. The Kier molecular flexibility index (Phi) is 3.35. The van der Waals surface area contributed by atoms with E-state index in [1.807, 2.05) is 0 Å². The van der Waals surface area contributed by atoms with Gasteiger partial charge in [0.05, 0.1) is 6.61 Å². The fourth-order valence-corrected chi connectivity index (χ4v) is 2.70. The maximum atomic E-state index is 5.47. The average molecular weight is 244 g/mol. The fraction of sp³-hybridized carbons (Fsp3) is 0.467. The molecular weight excluding hydrogens is 224 g/mol. The fourth-order valence-electron chi connectivity index (χ4n) is 2.70. The van der Waals surface area contributed by atoms with Crippen molar-refractivity contribution in [3.05, 3.63) is 36.0 Å². The third-order valence-corrected chi connectivity index (χ3v) is 3.87. The third kappa shape index (κ3) is 2.28. The Bertz CT molecular complexity index is 520. The molecule has 2 atom stereocenters. The van der Waals surface area contributed by atoms with Gasteiger partial charge in [0.15, 0.2) is 0 Å². The van der Waals surface area contributed by atoms with Crippen LogP contribution >= 0.6 is 0 Å². The number of aromatic nitrogens is 1. The summed E-state index contributed by atoms with van der Waals surface area (Å²) in [6.07, 6.45) is 3.23. The normalized spacial score (nSPS) is 24.5. The Morgan fingerprint density at radius 3 is 3.17 bits per heavy atom. The van der Waals surface area contributed by atoms with E-state index in [4.69, 9.17) is 4.74 Å². The zero-order valence-corrected chi connectivity index (χ0v) is 10.8. The summed E-state index contributed by atoms with van der Waals surface area (Å²) in [5, 5.41) is 4.99. The monoisotopic (exact) mass is 244 g/mol. The Labute approximate surface area is 108 Å². The van der Waals surface area contributed by atoms with Crippen LogP contribution in [0.4, 0.5) is 0 Å². The molecule has 2 heterocycles. The van der Waals surface area contributed by atoms with Crippen molar-refractivity contribution in [2.24, 2.45) is 5.92 Å². The summed E-state index contributed by atoms with van der Waals surface area (Å²) in [4.78, 5) is 3.32. The van der Waals surface area contributed by atoms with Crippen molar-refractivity contribution in [3.63, 3.8) is 0 Å². The minimum atomic E-state index is 0.576. The lowest BCUT2D eigenvalue weighted by Gasteiger charge is -2.29. The number of rotatable bonds is 3. The number of hydrogen-bond donors (Lipinski definition) is 2. The van der Waals surface area contributed by atoms with Crippen LogP contribution in [0.3, 0.4) is 0 Å². The van der Waals surface area contributed by atoms with Crippen molar-refractivity contribution >= 4 is 10.9 Å². The lowest BCUT2D eigenvalue weighted by atomic mass is 9.97. The summed E-state index contributed by atoms with van der Waals surface area (Å²) < 4.78 is 5.47. The molecule has 1 aromatic carbocycles. The van der Waals surface area contributed by atoms with Crippen molar-refractivity contribution in [2.75, 3.05) is 13.2 Å². The van der Waals surface area contributed by atoms with E-state index in [1.54, 1.807) is 0 Å². The Morgan fingerprint density at radius 1 is 1.39 bits per heavy atom. The maximum Gasteiger partial charge on any atom is 0.0506 e. The zero-order valence-electron chi connectivity index (χ0n) is 10.8. The summed E-state index contributed by atoms with van der Waals surface area (Å²) in [6.45, 7) is 4.95. The van der Waals surface area contributed by atoms with Gasteiger partial charge in [-0.25, -0.2) is 0 Å². The van der Waals surface area contributed by atoms with Crippen molar-refractivity contribution < 1.29 is 4.74 Å². The molecular formula is C15H20N2O. The molecule has 3 heteroatoms. The molecule has 2 unspecified atom stereocenters. The van der Waals surface area contributed by atoms with E-state index in [1.165, 1.54) is 16.5 Å². The molecule has 2 aromatic rings. The summed E-state index contributed by atoms with van der Waals surface area (Å²) in [5.74, 6) is 0.601. The first kappa shape index (κ1) is 11.8. The Hall–Kier alpha value is -1.32. The summed E-state index contributed by atoms with van der Waals surface area (Å²) >= 11 is 0. The van der Waals surface area contributed by atoms with E-state index < -0.39 is 0 Å². The van der Waals surface area contributed by atoms with E-state index in [2.05, 4.69) is 47.7 Å². The quantitative estimate of drug-likeness (QED) is 0.871. The first-order chi connectivity index (χ1) is 8.84. The summed E-state index contributed by atoms with van der Waals surface area (Å²) in [5.41, 5.74) is 2.57. The molecule has 3 rings (SSSR count). The predicted octanol–water partition coefficient (Wildman–Crippen LogP) is 2.68. The van der Waals surface area contributed by atoms with Gasteiger partial charge >= 0.3 is 0 Å². The van der Waals surface area contributed by atoms with Crippen molar-refractivity contribution in [3.8, 4) is 0 Å². The van der Waals surface area contributed by atoms with Gasteiger partial charge < -0.3 is 15.0 Å². The van der Waals surface area contributed by atoms with Gasteiger partial charge in [-0.15, -0.1) is 0 Å². The van der Waals surface area contributed by atoms with Gasteiger partial charge in [-0.05, 0) is 24.0 Å². The second-order valence-electron chi connectivity index (χ2n) is 5.19. The van der Waals surface area contributed by atoms with Crippen molar-refractivity contribution in [1.82, 2.24) is 10.3 Å². The predicted molar refractivity (Wildman–Crippen MR) is 73.5 cm³/mol. The van der Waals surface area contributed by atoms with Crippen LogP contribution in [0.2, 0.25) is 0 Å². The van der Waals surface area contributed by atoms with Crippen LogP contribution in [-0.2, 0) is 11.3 Å². The molecule has 1 aliphatic rings. The van der Waals surface area contributed by atoms with Crippen LogP contribution in [0.1, 0.15) is 18.9 Å². The topological polar surface area (TPSA) is 37.0 Å². The van der Waals surface area contributed by atoms with Crippen molar-refractivity contribution in [2.45, 2.75) is 25.9 Å². The lowest BCUT2D eigenvalue weighted by molar-refractivity contribution is 0.0387. The highest BCUT2D eigenvalue weighted by Crippen LogP contribution is 2.19. The number of para-hydroxylation sites is 1. The van der Waals surface area contributed by atoms with Crippen LogP contribution < -0.4 is 5.32 Å². The van der Waals surface area contributed by atoms with Gasteiger partial charge in [-0.3, -0.25) is 0 Å². The SMILES string of the molecule is CC1COCCC1NCc1c[nH]c2ccccc12. The smallest absolute Gasteiger partial charge is 0.0506 e. The number of benzene rings is 1. The van der Waals surface area contributed by atoms with E-state index in [0.717, 1.165) is 26.2 Å². The highest BCUT2D eigenvalue weighted by atomic mass is 16.5. The Balaban J connectivity index is 1.69. The highest BCUT2D eigenvalue weighted by Gasteiger charge is 2.21.